The fourth-order valence-corrected chi connectivity index (χ4v) is 0.774. The topological polar surface area (TPSA) is 20.9 Å². The maximum absolute atomic E-state index is 9.95. The van der Waals surface area contributed by atoms with Gasteiger partial charge in [-0.15, -0.1) is 0 Å². The van der Waals surface area contributed by atoms with Gasteiger partial charge in [0.15, 0.2) is 12.4 Å². The van der Waals surface area contributed by atoms with Gasteiger partial charge in [-0.3, -0.25) is 4.79 Å². The number of aromatic nitrogens is 1. The van der Waals surface area contributed by atoms with Gasteiger partial charge in [-0.25, -0.2) is 4.57 Å². The van der Waals surface area contributed by atoms with Gasteiger partial charge < -0.3 is 0 Å². The van der Waals surface area contributed by atoms with Gasteiger partial charge in [0.1, 0.15) is 13.3 Å². The molecule has 2 heteroatoms. The van der Waals surface area contributed by atoms with E-state index in [2.05, 4.69) is 0 Å². The van der Waals surface area contributed by atoms with E-state index < -0.39 is 0 Å². The number of hydrogen-bond acceptors (Lipinski definition) is 1. The molecule has 1 aromatic rings. The molecule has 0 aliphatic heterocycles. The fourth-order valence-electron chi connectivity index (χ4n) is 0.774. The number of aldehydes is 1. The zero-order valence-corrected chi connectivity index (χ0v) is 6.40. The molecule has 0 radical (unpaired) electrons. The second-order valence-electron chi connectivity index (χ2n) is 2.29. The maximum Gasteiger partial charge on any atom is 0.169 e. The molecule has 0 saturated carbocycles. The van der Waals surface area contributed by atoms with E-state index in [9.17, 15) is 4.79 Å². The summed E-state index contributed by atoms with van der Waals surface area (Å²) in [7, 11) is 1.95. The monoisotopic (exact) mass is 148 g/mol. The Kier molecular flexibility index (Phi) is 2.55. The fraction of sp³-hybridized carbons (Fsp3) is 0.111. The molecule has 0 N–H and O–H groups in total. The molecule has 0 fully saturated rings. The molecule has 1 rings (SSSR count). The summed E-state index contributed by atoms with van der Waals surface area (Å²) >= 11 is 0. The van der Waals surface area contributed by atoms with Crippen LogP contribution in [0.5, 0.6) is 0 Å². The molecule has 0 aliphatic rings. The molecular weight excluding hydrogens is 138 g/mol. The van der Waals surface area contributed by atoms with Crippen LogP contribution in [0.4, 0.5) is 0 Å². The summed E-state index contributed by atoms with van der Waals surface area (Å²) in [6.07, 6.45) is 7.89. The zero-order chi connectivity index (χ0) is 8.10. The van der Waals surface area contributed by atoms with Crippen LogP contribution in [0.3, 0.4) is 0 Å². The number of hydrogen-bond donors (Lipinski definition) is 0. The lowest BCUT2D eigenvalue weighted by Crippen LogP contribution is -2.25. The van der Waals surface area contributed by atoms with Crippen molar-refractivity contribution in [2.75, 3.05) is 0 Å². The Morgan fingerprint density at radius 1 is 1.36 bits per heavy atom. The van der Waals surface area contributed by atoms with Crippen molar-refractivity contribution in [3.63, 3.8) is 0 Å². The molecule has 1 heterocycles. The molecule has 1 aromatic heterocycles. The van der Waals surface area contributed by atoms with Crippen molar-refractivity contribution in [2.45, 2.75) is 0 Å². The summed E-state index contributed by atoms with van der Waals surface area (Å²) in [5, 5.41) is 0. The molecule has 0 aliphatic carbocycles. The molecule has 0 aromatic carbocycles. The highest BCUT2D eigenvalue weighted by Crippen LogP contribution is 1.96. The average Bonchev–Trinajstić information content (AvgIpc) is 2.04. The van der Waals surface area contributed by atoms with Gasteiger partial charge in [-0.2, -0.15) is 0 Å². The van der Waals surface area contributed by atoms with Gasteiger partial charge in [-0.05, 0) is 11.6 Å². The first-order valence-electron chi connectivity index (χ1n) is 3.40. The van der Waals surface area contributed by atoms with E-state index in [1.165, 1.54) is 6.08 Å². The highest BCUT2D eigenvalue weighted by molar-refractivity contribution is 5.73. The van der Waals surface area contributed by atoms with E-state index in [1.54, 1.807) is 6.08 Å². The first kappa shape index (κ1) is 7.66. The van der Waals surface area contributed by atoms with Gasteiger partial charge in [0.05, 0.1) is 0 Å². The van der Waals surface area contributed by atoms with Crippen molar-refractivity contribution in [3.05, 3.63) is 36.2 Å². The molecule has 11 heavy (non-hydrogen) atoms. The van der Waals surface area contributed by atoms with Crippen LogP contribution in [0.1, 0.15) is 5.56 Å². The van der Waals surface area contributed by atoms with Crippen molar-refractivity contribution in [3.8, 4) is 0 Å². The van der Waals surface area contributed by atoms with Crippen molar-refractivity contribution in [2.24, 2.45) is 7.05 Å². The minimum atomic E-state index is 0.771. The third-order valence-corrected chi connectivity index (χ3v) is 1.37. The van der Waals surface area contributed by atoms with Gasteiger partial charge in [0.2, 0.25) is 0 Å². The third-order valence-electron chi connectivity index (χ3n) is 1.37. The Bertz CT molecular complexity index is 261. The van der Waals surface area contributed by atoms with E-state index in [0.29, 0.717) is 0 Å². The van der Waals surface area contributed by atoms with E-state index in [4.69, 9.17) is 0 Å². The van der Waals surface area contributed by atoms with Crippen molar-refractivity contribution >= 4 is 12.4 Å². The van der Waals surface area contributed by atoms with Crippen molar-refractivity contribution in [1.82, 2.24) is 0 Å². The van der Waals surface area contributed by atoms with Crippen LogP contribution in [-0.4, -0.2) is 6.29 Å². The van der Waals surface area contributed by atoms with E-state index >= 15 is 0 Å². The lowest BCUT2D eigenvalue weighted by molar-refractivity contribution is -0.671. The Morgan fingerprint density at radius 3 is 2.55 bits per heavy atom. The van der Waals surface area contributed by atoms with E-state index in [0.717, 1.165) is 11.8 Å². The third kappa shape index (κ3) is 2.34. The smallest absolute Gasteiger partial charge is 0.169 e. The Balaban J connectivity index is 2.81. The molecule has 0 atom stereocenters. The first-order chi connectivity index (χ1) is 5.33. The maximum atomic E-state index is 9.95. The summed E-state index contributed by atoms with van der Waals surface area (Å²) < 4.78 is 1.94. The average molecular weight is 148 g/mol. The molecule has 56 valence electrons. The van der Waals surface area contributed by atoms with Crippen LogP contribution in [0.2, 0.25) is 0 Å². The number of carbonyl (C=O) groups is 1. The van der Waals surface area contributed by atoms with Crippen molar-refractivity contribution < 1.29 is 9.36 Å². The lowest BCUT2D eigenvalue weighted by atomic mass is 10.2. The first-order valence-corrected chi connectivity index (χ1v) is 3.40. The summed E-state index contributed by atoms with van der Waals surface area (Å²) in [4.78, 5) is 9.95. The minimum Gasteiger partial charge on any atom is -0.299 e. The number of pyridine rings is 1. The van der Waals surface area contributed by atoms with Gasteiger partial charge in [-0.1, -0.05) is 6.08 Å². The van der Waals surface area contributed by atoms with E-state index in [-0.39, 0.29) is 0 Å². The van der Waals surface area contributed by atoms with Crippen molar-refractivity contribution in [1.29, 1.82) is 0 Å². The van der Waals surface area contributed by atoms with Gasteiger partial charge in [0, 0.05) is 12.1 Å². The molecule has 0 spiro atoms. The van der Waals surface area contributed by atoms with Crippen LogP contribution in [-0.2, 0) is 11.8 Å². The molecule has 0 saturated heterocycles. The Hall–Kier alpha value is -1.44. The number of rotatable bonds is 2. The van der Waals surface area contributed by atoms with Crippen LogP contribution in [0.25, 0.3) is 6.08 Å². The molecule has 0 amide bonds. The van der Waals surface area contributed by atoms with Crippen LogP contribution >= 0.6 is 0 Å². The quantitative estimate of drug-likeness (QED) is 0.344. The number of aryl methyl sites for hydroxylation is 1. The number of allylic oxidation sites excluding steroid dienone is 1. The summed E-state index contributed by atoms with van der Waals surface area (Å²) in [6.45, 7) is 0. The molecule has 2 nitrogen and oxygen atoms in total. The molecule has 0 unspecified atom stereocenters. The number of carbonyl (C=O) groups excluding carboxylic acids is 1. The standard InChI is InChI=1S/C9H10NO/c1-10-6-4-9(5-7-10)3-2-8-11/h2-8H,1H3/q+1. The summed E-state index contributed by atoms with van der Waals surface area (Å²) in [5.41, 5.74) is 1.04. The SMILES string of the molecule is C[n+]1ccc(C=CC=O)cc1. The Labute approximate surface area is 65.8 Å². The van der Waals surface area contributed by atoms with Crippen LogP contribution < -0.4 is 4.57 Å². The predicted octanol–water partition coefficient (Wildman–Crippen LogP) is 0.723. The highest BCUT2D eigenvalue weighted by Gasteiger charge is 1.89. The van der Waals surface area contributed by atoms with Crippen LogP contribution in [0, 0.1) is 0 Å². The normalized spacial score (nSPS) is 10.3. The zero-order valence-electron chi connectivity index (χ0n) is 6.40. The second kappa shape index (κ2) is 3.66. The summed E-state index contributed by atoms with van der Waals surface area (Å²) in [6, 6.07) is 3.89. The molecular formula is C9H10NO+. The van der Waals surface area contributed by atoms with Gasteiger partial charge >= 0.3 is 0 Å². The van der Waals surface area contributed by atoms with Crippen LogP contribution in [0.15, 0.2) is 30.6 Å². The highest BCUT2D eigenvalue weighted by atomic mass is 16.1. The lowest BCUT2D eigenvalue weighted by Gasteiger charge is -1.87. The largest absolute Gasteiger partial charge is 0.299 e. The minimum absolute atomic E-state index is 0.771. The van der Waals surface area contributed by atoms with E-state index in [1.807, 2.05) is 36.1 Å². The number of nitrogens with zero attached hydrogens (tertiary/aromatic N) is 1. The molecule has 0 bridgehead atoms. The summed E-state index contributed by atoms with van der Waals surface area (Å²) in [5.74, 6) is 0. The van der Waals surface area contributed by atoms with Gasteiger partial charge in [0.25, 0.3) is 0 Å². The second-order valence-corrected chi connectivity index (χ2v) is 2.29. The predicted molar refractivity (Wildman–Crippen MR) is 42.7 cm³/mol. The Morgan fingerprint density at radius 2 is 2.00 bits per heavy atom.